The number of hydrogen-bond acceptors (Lipinski definition) is 2. The number of nitrogens with zero attached hydrogens (tertiary/aromatic N) is 1. The van der Waals surface area contributed by atoms with Gasteiger partial charge in [-0.1, -0.05) is 44.7 Å². The highest BCUT2D eigenvalue weighted by molar-refractivity contribution is 5.44. The van der Waals surface area contributed by atoms with Crippen molar-refractivity contribution in [2.75, 3.05) is 6.54 Å². The minimum Gasteiger partial charge on any atom is -0.304 e. The van der Waals surface area contributed by atoms with E-state index in [9.17, 15) is 0 Å². The van der Waals surface area contributed by atoms with Crippen LogP contribution < -0.4 is 5.43 Å². The van der Waals surface area contributed by atoms with Gasteiger partial charge in [0.1, 0.15) is 19.0 Å². The summed E-state index contributed by atoms with van der Waals surface area (Å²) in [7, 11) is 0. The van der Waals surface area contributed by atoms with Gasteiger partial charge in [0.05, 0.1) is 11.1 Å². The smallest absolute Gasteiger partial charge is 0.157 e. The topological polar surface area (TPSA) is 29.1 Å². The van der Waals surface area contributed by atoms with E-state index in [0.717, 1.165) is 24.2 Å². The number of carbonyl (C=O) groups is 1. The van der Waals surface area contributed by atoms with Crippen molar-refractivity contribution in [3.05, 3.63) is 83.9 Å². The highest BCUT2D eigenvalue weighted by atomic mass is 16.1. The molecule has 1 aromatic carbocycles. The fourth-order valence-corrected chi connectivity index (χ4v) is 3.59. The number of rotatable bonds is 2. The van der Waals surface area contributed by atoms with Crippen molar-refractivity contribution in [1.29, 1.82) is 0 Å². The van der Waals surface area contributed by atoms with Crippen LogP contribution in [0.3, 0.4) is 0 Å². The first-order chi connectivity index (χ1) is 12.2. The van der Waals surface area contributed by atoms with E-state index in [1.807, 2.05) is 0 Å². The van der Waals surface area contributed by atoms with E-state index in [2.05, 4.69) is 88.9 Å². The van der Waals surface area contributed by atoms with Gasteiger partial charge in [-0.25, -0.2) is 5.43 Å². The maximum absolute atomic E-state index is 8.81. The van der Waals surface area contributed by atoms with Gasteiger partial charge in [-0.15, -0.1) is 0 Å². The van der Waals surface area contributed by atoms with E-state index in [-0.39, 0.29) is 5.41 Å². The van der Waals surface area contributed by atoms with Crippen LogP contribution in [0.4, 0.5) is 0 Å². The lowest BCUT2D eigenvalue weighted by Gasteiger charge is -2.33. The van der Waals surface area contributed by atoms with Crippen LogP contribution in [0.2, 0.25) is 0 Å². The zero-order valence-electron chi connectivity index (χ0n) is 16.7. The predicted molar refractivity (Wildman–Crippen MR) is 109 cm³/mol. The zero-order valence-corrected chi connectivity index (χ0v) is 16.7. The SMILES string of the molecule is C=C1N[N+]2(C=CC=C(C)C2=C)CC1(C)c1ccc(C(C)C)cc1.CC=O. The number of benzene rings is 1. The lowest BCUT2D eigenvalue weighted by molar-refractivity contribution is -0.870. The van der Waals surface area contributed by atoms with Crippen molar-refractivity contribution in [2.24, 2.45) is 0 Å². The predicted octanol–water partition coefficient (Wildman–Crippen LogP) is 5.11. The fourth-order valence-electron chi connectivity index (χ4n) is 3.59. The van der Waals surface area contributed by atoms with Gasteiger partial charge in [0, 0.05) is 5.57 Å². The van der Waals surface area contributed by atoms with Crippen molar-refractivity contribution < 1.29 is 9.39 Å². The Morgan fingerprint density at radius 2 is 1.81 bits per heavy atom. The summed E-state index contributed by atoms with van der Waals surface area (Å²) < 4.78 is 0.573. The van der Waals surface area contributed by atoms with Crippen molar-refractivity contribution in [3.8, 4) is 0 Å². The molecule has 0 aliphatic carbocycles. The number of nitrogens with one attached hydrogen (secondary N) is 1. The molecule has 3 nitrogen and oxygen atoms in total. The second-order valence-corrected chi connectivity index (χ2v) is 7.60. The van der Waals surface area contributed by atoms with E-state index >= 15 is 0 Å². The van der Waals surface area contributed by atoms with Gasteiger partial charge in [0.15, 0.2) is 5.70 Å². The van der Waals surface area contributed by atoms with Gasteiger partial charge in [0.2, 0.25) is 0 Å². The summed E-state index contributed by atoms with van der Waals surface area (Å²) in [6.07, 6.45) is 7.15. The number of hydrogen-bond donors (Lipinski definition) is 1. The Morgan fingerprint density at radius 3 is 2.35 bits per heavy atom. The van der Waals surface area contributed by atoms with Crippen molar-refractivity contribution in [3.63, 3.8) is 0 Å². The Kier molecular flexibility index (Phi) is 5.72. The minimum absolute atomic E-state index is 0.111. The molecule has 1 N–H and O–H groups in total. The van der Waals surface area contributed by atoms with E-state index < -0.39 is 0 Å². The lowest BCUT2D eigenvalue weighted by atomic mass is 9.80. The maximum Gasteiger partial charge on any atom is 0.157 e. The normalized spacial score (nSPS) is 27.1. The highest BCUT2D eigenvalue weighted by Gasteiger charge is 2.51. The molecule has 0 radical (unpaired) electrons. The van der Waals surface area contributed by atoms with Crippen molar-refractivity contribution >= 4 is 6.29 Å². The van der Waals surface area contributed by atoms with Crippen LogP contribution in [-0.4, -0.2) is 17.4 Å². The molecule has 1 saturated heterocycles. The first kappa shape index (κ1) is 19.9. The molecule has 2 unspecified atom stereocenters. The molecule has 1 fully saturated rings. The minimum atomic E-state index is -0.111. The summed E-state index contributed by atoms with van der Waals surface area (Å²) in [5, 5.41) is 0. The van der Waals surface area contributed by atoms with Gasteiger partial charge in [0.25, 0.3) is 0 Å². The molecular weight excluding hydrogens is 320 g/mol. The third-order valence-corrected chi connectivity index (χ3v) is 5.40. The van der Waals surface area contributed by atoms with Gasteiger partial charge in [-0.2, -0.15) is 4.59 Å². The molecule has 3 heteroatoms. The van der Waals surface area contributed by atoms with E-state index in [4.69, 9.17) is 4.79 Å². The molecular formula is C23H31N2O+. The Hall–Kier alpha value is -2.39. The van der Waals surface area contributed by atoms with Gasteiger partial charge < -0.3 is 4.79 Å². The molecule has 0 aromatic heterocycles. The van der Waals surface area contributed by atoms with Crippen molar-refractivity contribution in [2.45, 2.75) is 46.0 Å². The second kappa shape index (κ2) is 7.46. The fraction of sp³-hybridized carbons (Fsp3) is 0.348. The molecule has 138 valence electrons. The zero-order chi connectivity index (χ0) is 19.5. The standard InChI is InChI=1S/C21H27N2.C2H4O/c1-15(2)19-9-11-20(12-10-19)21(6)14-23(22-18(21)5)13-7-8-16(3)17(23)4;1-2-3/h7-13,15,22H,4-5,14H2,1-3,6H3;2H,1H3/q+1;. The average molecular weight is 352 g/mol. The molecule has 2 aliphatic heterocycles. The number of carbonyl (C=O) groups excluding carboxylic acids is 1. The summed E-state index contributed by atoms with van der Waals surface area (Å²) in [6, 6.07) is 8.99. The molecule has 2 atom stereocenters. The number of allylic oxidation sites excluding steroid dienone is 3. The van der Waals surface area contributed by atoms with E-state index in [0.29, 0.717) is 10.5 Å². The Bertz CT molecular complexity index is 770. The lowest BCUT2D eigenvalue weighted by Crippen LogP contribution is -2.48. The summed E-state index contributed by atoms with van der Waals surface area (Å²) in [4.78, 5) is 8.81. The molecule has 26 heavy (non-hydrogen) atoms. The highest BCUT2D eigenvalue weighted by Crippen LogP contribution is 2.43. The van der Waals surface area contributed by atoms with Crippen LogP contribution >= 0.6 is 0 Å². The summed E-state index contributed by atoms with van der Waals surface area (Å²) in [6.45, 7) is 19.8. The molecule has 1 spiro atoms. The van der Waals surface area contributed by atoms with Crippen LogP contribution in [0.15, 0.2) is 72.7 Å². The summed E-state index contributed by atoms with van der Waals surface area (Å²) in [5.74, 6) is 0.553. The molecule has 2 heterocycles. The Balaban J connectivity index is 0.000000758. The van der Waals surface area contributed by atoms with Crippen molar-refractivity contribution in [1.82, 2.24) is 5.43 Å². The number of quaternary nitrogens is 1. The quantitative estimate of drug-likeness (QED) is 0.593. The summed E-state index contributed by atoms with van der Waals surface area (Å²) >= 11 is 0. The molecule has 3 rings (SSSR count). The Labute approximate surface area is 158 Å². The van der Waals surface area contributed by atoms with Crippen LogP contribution in [0.25, 0.3) is 0 Å². The third kappa shape index (κ3) is 3.45. The van der Waals surface area contributed by atoms with Crippen LogP contribution in [0.5, 0.6) is 0 Å². The van der Waals surface area contributed by atoms with Gasteiger partial charge >= 0.3 is 0 Å². The van der Waals surface area contributed by atoms with Gasteiger partial charge in [-0.3, -0.25) is 0 Å². The monoisotopic (exact) mass is 351 g/mol. The van der Waals surface area contributed by atoms with E-state index in [1.54, 1.807) is 0 Å². The third-order valence-electron chi connectivity index (χ3n) is 5.40. The Morgan fingerprint density at radius 1 is 1.23 bits per heavy atom. The molecule has 0 bridgehead atoms. The largest absolute Gasteiger partial charge is 0.304 e. The molecule has 0 saturated carbocycles. The first-order valence-corrected chi connectivity index (χ1v) is 9.12. The van der Waals surface area contributed by atoms with E-state index in [1.165, 1.54) is 23.6 Å². The average Bonchev–Trinajstić information content (AvgIpc) is 2.86. The first-order valence-electron chi connectivity index (χ1n) is 9.12. The maximum atomic E-state index is 8.81. The van der Waals surface area contributed by atoms with Gasteiger partial charge in [-0.05, 0) is 56.5 Å². The molecule has 1 aromatic rings. The summed E-state index contributed by atoms with van der Waals surface area (Å²) in [5.41, 5.74) is 9.52. The van der Waals surface area contributed by atoms with Crippen LogP contribution in [0, 0.1) is 0 Å². The molecule has 0 amide bonds. The second-order valence-electron chi connectivity index (χ2n) is 7.60. The number of aldehydes is 1. The molecule has 2 aliphatic rings. The van der Waals surface area contributed by atoms with Crippen LogP contribution in [-0.2, 0) is 10.2 Å². The van der Waals surface area contributed by atoms with Crippen LogP contribution in [0.1, 0.15) is 51.7 Å².